The number of hydrogen-bond acceptors (Lipinski definition) is 7. The normalized spacial score (nSPS) is 21.4. The molecule has 4 aromatic heterocycles. The number of aromatic amines is 1. The zero-order valence-corrected chi connectivity index (χ0v) is 21.6. The van der Waals surface area contributed by atoms with Gasteiger partial charge in [-0.2, -0.15) is 9.97 Å². The summed E-state index contributed by atoms with van der Waals surface area (Å²) >= 11 is 0. The van der Waals surface area contributed by atoms with E-state index in [9.17, 15) is 13.6 Å². The first-order chi connectivity index (χ1) is 18.3. The summed E-state index contributed by atoms with van der Waals surface area (Å²) in [6, 6.07) is 1.89. The first-order valence-corrected chi connectivity index (χ1v) is 12.9. The molecule has 0 radical (unpaired) electrons. The second kappa shape index (κ2) is 9.17. The lowest BCUT2D eigenvalue weighted by Crippen LogP contribution is -2.53. The van der Waals surface area contributed by atoms with Crippen molar-refractivity contribution in [1.82, 2.24) is 34.4 Å². The van der Waals surface area contributed by atoms with Crippen LogP contribution in [-0.2, 0) is 11.3 Å². The van der Waals surface area contributed by atoms with E-state index in [0.29, 0.717) is 45.4 Å². The third kappa shape index (κ3) is 4.11. The molecule has 5 heterocycles. The zero-order chi connectivity index (χ0) is 26.6. The Hall–Kier alpha value is -3.83. The molecule has 12 heteroatoms. The molecular weight excluding hydrogens is 494 g/mol. The summed E-state index contributed by atoms with van der Waals surface area (Å²) in [7, 11) is 1.54. The average Bonchev–Trinajstić information content (AvgIpc) is 3.61. The van der Waals surface area contributed by atoms with Crippen molar-refractivity contribution >= 4 is 34.1 Å². The molecule has 200 valence electrons. The molecule has 0 bridgehead atoms. The number of amides is 1. The van der Waals surface area contributed by atoms with Gasteiger partial charge in [0.05, 0.1) is 30.0 Å². The summed E-state index contributed by atoms with van der Waals surface area (Å²) in [5, 5.41) is 4.02. The van der Waals surface area contributed by atoms with Crippen molar-refractivity contribution in [3.63, 3.8) is 0 Å². The van der Waals surface area contributed by atoms with Gasteiger partial charge in [-0.1, -0.05) is 6.92 Å². The second-order valence-electron chi connectivity index (χ2n) is 10.5. The molecule has 4 aromatic rings. The molecule has 10 nitrogen and oxygen atoms in total. The Morgan fingerprint density at radius 1 is 1.26 bits per heavy atom. The van der Waals surface area contributed by atoms with E-state index in [1.165, 1.54) is 4.57 Å². The smallest absolute Gasteiger partial charge is 0.256 e. The number of anilines is 1. The lowest BCUT2D eigenvalue weighted by atomic mass is 9.66. The van der Waals surface area contributed by atoms with Crippen LogP contribution in [0, 0.1) is 12.3 Å². The number of likely N-dealkylation sites (tertiary alicyclic amines) is 1. The van der Waals surface area contributed by atoms with Crippen LogP contribution in [0.15, 0.2) is 18.5 Å². The number of nitrogens with one attached hydrogen (secondary N) is 2. The number of carbonyl (C=O) groups excluding carboxylic acids is 1. The van der Waals surface area contributed by atoms with Gasteiger partial charge in [0.15, 0.2) is 5.65 Å². The summed E-state index contributed by atoms with van der Waals surface area (Å²) < 4.78 is 33.4. The SMILES string of the molecule is COc1nc(NC2CC(C)(C(=O)N3CCCC3)C2)nc2[nH]cc(-c3cnc4nc(C)n(CC(F)F)c4c3)c12. The Kier molecular flexibility index (Phi) is 5.92. The number of aryl methyl sites for hydroxylation is 1. The fourth-order valence-electron chi connectivity index (χ4n) is 5.86. The number of nitrogens with zero attached hydrogens (tertiary/aromatic N) is 6. The summed E-state index contributed by atoms with van der Waals surface area (Å²) in [5.41, 5.74) is 2.62. The maximum Gasteiger partial charge on any atom is 0.256 e. The molecule has 1 saturated heterocycles. The average molecular weight is 525 g/mol. The van der Waals surface area contributed by atoms with Crippen LogP contribution in [0.1, 0.15) is 38.4 Å². The molecule has 1 aliphatic heterocycles. The van der Waals surface area contributed by atoms with Gasteiger partial charge in [0, 0.05) is 42.7 Å². The summed E-state index contributed by atoms with van der Waals surface area (Å²) in [6.45, 7) is 4.98. The predicted octanol–water partition coefficient (Wildman–Crippen LogP) is 4.15. The number of halogens is 2. The Bertz CT molecular complexity index is 1520. The monoisotopic (exact) mass is 524 g/mol. The van der Waals surface area contributed by atoms with Crippen LogP contribution in [0.5, 0.6) is 5.88 Å². The number of carbonyl (C=O) groups is 1. The van der Waals surface area contributed by atoms with E-state index in [4.69, 9.17) is 4.74 Å². The van der Waals surface area contributed by atoms with Crippen LogP contribution in [0.4, 0.5) is 14.7 Å². The van der Waals surface area contributed by atoms with Crippen LogP contribution in [0.3, 0.4) is 0 Å². The molecule has 38 heavy (non-hydrogen) atoms. The summed E-state index contributed by atoms with van der Waals surface area (Å²) in [5.74, 6) is 1.52. The number of imidazole rings is 1. The molecule has 0 aromatic carbocycles. The van der Waals surface area contributed by atoms with Crippen molar-refractivity contribution in [3.8, 4) is 17.0 Å². The van der Waals surface area contributed by atoms with Crippen LogP contribution in [-0.4, -0.2) is 73.0 Å². The molecule has 0 unspecified atom stereocenters. The highest BCUT2D eigenvalue weighted by Crippen LogP contribution is 2.44. The maximum atomic E-state index is 13.2. The molecule has 1 aliphatic carbocycles. The van der Waals surface area contributed by atoms with Gasteiger partial charge in [0.25, 0.3) is 6.43 Å². The number of pyridine rings is 1. The van der Waals surface area contributed by atoms with Crippen molar-refractivity contribution < 1.29 is 18.3 Å². The fourth-order valence-corrected chi connectivity index (χ4v) is 5.86. The molecule has 1 saturated carbocycles. The molecule has 1 amide bonds. The Labute approximate surface area is 217 Å². The number of hydrogen-bond donors (Lipinski definition) is 2. The van der Waals surface area contributed by atoms with Crippen LogP contribution >= 0.6 is 0 Å². The number of aromatic nitrogens is 6. The molecule has 6 rings (SSSR count). The van der Waals surface area contributed by atoms with Gasteiger partial charge in [0.2, 0.25) is 17.7 Å². The Morgan fingerprint density at radius 2 is 2.03 bits per heavy atom. The quantitative estimate of drug-likeness (QED) is 0.373. The third-order valence-electron chi connectivity index (χ3n) is 7.76. The highest BCUT2D eigenvalue weighted by atomic mass is 19.3. The number of H-pyrrole nitrogens is 1. The second-order valence-corrected chi connectivity index (χ2v) is 10.5. The standard InChI is InChI=1S/C26H30F2N8O2/c1-14-31-21-18(36(14)13-19(27)28)8-15(11-29-21)17-12-30-22-20(17)23(38-3)34-25(33-22)32-16-9-26(2,10-16)24(37)35-6-4-5-7-35/h8,11-12,16,19H,4-7,9-10,13H2,1-3H3,(H2,30,32,33,34). The van der Waals surface area contributed by atoms with Gasteiger partial charge >= 0.3 is 0 Å². The van der Waals surface area contributed by atoms with Crippen LogP contribution in [0.25, 0.3) is 33.3 Å². The molecule has 2 N–H and O–H groups in total. The fraction of sp³-hybridized carbons (Fsp3) is 0.500. The van der Waals surface area contributed by atoms with Gasteiger partial charge < -0.3 is 24.5 Å². The highest BCUT2D eigenvalue weighted by molar-refractivity contribution is 5.98. The first-order valence-electron chi connectivity index (χ1n) is 12.9. The lowest BCUT2D eigenvalue weighted by Gasteiger charge is -2.45. The van der Waals surface area contributed by atoms with E-state index in [0.717, 1.165) is 44.3 Å². The van der Waals surface area contributed by atoms with E-state index in [1.54, 1.807) is 32.5 Å². The minimum absolute atomic E-state index is 0.0908. The van der Waals surface area contributed by atoms with Crippen LogP contribution < -0.4 is 10.1 Å². The Balaban J connectivity index is 1.26. The summed E-state index contributed by atoms with van der Waals surface area (Å²) in [6.07, 6.45) is 4.54. The number of ether oxygens (including phenoxy) is 1. The van der Waals surface area contributed by atoms with E-state index in [2.05, 4.69) is 30.2 Å². The Morgan fingerprint density at radius 3 is 2.74 bits per heavy atom. The van der Waals surface area contributed by atoms with Crippen molar-refractivity contribution in [2.24, 2.45) is 5.41 Å². The predicted molar refractivity (Wildman–Crippen MR) is 138 cm³/mol. The summed E-state index contributed by atoms with van der Waals surface area (Å²) in [4.78, 5) is 36.0. The number of fused-ring (bicyclic) bond motifs is 2. The van der Waals surface area contributed by atoms with Crippen LogP contribution in [0.2, 0.25) is 0 Å². The minimum atomic E-state index is -2.51. The van der Waals surface area contributed by atoms with E-state index in [-0.39, 0.29) is 17.4 Å². The third-order valence-corrected chi connectivity index (χ3v) is 7.76. The van der Waals surface area contributed by atoms with E-state index >= 15 is 0 Å². The lowest BCUT2D eigenvalue weighted by molar-refractivity contribution is -0.145. The van der Waals surface area contributed by atoms with Gasteiger partial charge in [0.1, 0.15) is 11.5 Å². The number of rotatable bonds is 7. The molecule has 2 fully saturated rings. The van der Waals surface area contributed by atoms with Crippen molar-refractivity contribution in [2.45, 2.75) is 58.5 Å². The largest absolute Gasteiger partial charge is 0.480 e. The van der Waals surface area contributed by atoms with E-state index in [1.807, 2.05) is 11.8 Å². The topological polar surface area (TPSA) is 114 Å². The van der Waals surface area contributed by atoms with Gasteiger partial charge in [-0.15, -0.1) is 0 Å². The highest BCUT2D eigenvalue weighted by Gasteiger charge is 2.48. The number of methoxy groups -OCH3 is 1. The van der Waals surface area contributed by atoms with Crippen molar-refractivity contribution in [2.75, 3.05) is 25.5 Å². The van der Waals surface area contributed by atoms with Gasteiger partial charge in [-0.3, -0.25) is 4.79 Å². The molecule has 0 atom stereocenters. The van der Waals surface area contributed by atoms with Gasteiger partial charge in [-0.05, 0) is 38.7 Å². The first kappa shape index (κ1) is 24.5. The minimum Gasteiger partial charge on any atom is -0.480 e. The molecule has 0 spiro atoms. The molecular formula is C26H30F2N8O2. The number of alkyl halides is 2. The van der Waals surface area contributed by atoms with Crippen molar-refractivity contribution in [3.05, 3.63) is 24.3 Å². The zero-order valence-electron chi connectivity index (χ0n) is 21.6. The van der Waals surface area contributed by atoms with E-state index < -0.39 is 13.0 Å². The van der Waals surface area contributed by atoms with Gasteiger partial charge in [-0.25, -0.2) is 18.7 Å². The molecule has 2 aliphatic rings. The van der Waals surface area contributed by atoms with Crippen molar-refractivity contribution in [1.29, 1.82) is 0 Å². The maximum absolute atomic E-state index is 13.2.